The summed E-state index contributed by atoms with van der Waals surface area (Å²) in [4.78, 5) is 28.7. The van der Waals surface area contributed by atoms with Crippen LogP contribution in [0.15, 0.2) is 30.5 Å². The molecule has 0 spiro atoms. The van der Waals surface area contributed by atoms with Crippen molar-refractivity contribution in [3.05, 3.63) is 36.2 Å². The van der Waals surface area contributed by atoms with Crippen LogP contribution in [-0.2, 0) is 17.8 Å². The number of anilines is 1. The van der Waals surface area contributed by atoms with Crippen molar-refractivity contribution >= 4 is 17.7 Å². The molecule has 2 aromatic rings. The third-order valence-electron chi connectivity index (χ3n) is 4.38. The second-order valence-corrected chi connectivity index (χ2v) is 6.26. The van der Waals surface area contributed by atoms with E-state index in [0.29, 0.717) is 5.69 Å². The van der Waals surface area contributed by atoms with Crippen LogP contribution in [0.3, 0.4) is 0 Å². The lowest BCUT2D eigenvalue weighted by Gasteiger charge is -2.18. The van der Waals surface area contributed by atoms with E-state index in [0.717, 1.165) is 30.8 Å². The van der Waals surface area contributed by atoms with Crippen molar-refractivity contribution in [3.8, 4) is 11.4 Å². The second-order valence-electron chi connectivity index (χ2n) is 6.26. The average molecular weight is 342 g/mol. The van der Waals surface area contributed by atoms with Crippen molar-refractivity contribution in [3.63, 3.8) is 0 Å². The van der Waals surface area contributed by atoms with Gasteiger partial charge in [-0.1, -0.05) is 12.1 Å². The van der Waals surface area contributed by atoms with Crippen LogP contribution < -0.4 is 5.32 Å². The fraction of sp³-hybridized carbons (Fsp3) is 0.389. The molecule has 3 rings (SSSR count). The standard InChI is InChI=1S/C18H22N4O3/c1-21(10-8-16(23)24)18(25)20-14-6-4-5-13(11-14)17-19-12-15-7-2-3-9-22(15)17/h4-6,11-12H,2-3,7-10H2,1H3,(H,20,25)(H,23,24). The zero-order valence-corrected chi connectivity index (χ0v) is 14.2. The largest absolute Gasteiger partial charge is 0.481 e. The normalized spacial score (nSPS) is 13.2. The summed E-state index contributed by atoms with van der Waals surface area (Å²) < 4.78 is 2.24. The van der Waals surface area contributed by atoms with E-state index in [9.17, 15) is 9.59 Å². The van der Waals surface area contributed by atoms with Crippen molar-refractivity contribution in [2.45, 2.75) is 32.2 Å². The number of urea groups is 1. The monoisotopic (exact) mass is 342 g/mol. The smallest absolute Gasteiger partial charge is 0.321 e. The molecule has 0 bridgehead atoms. The number of carbonyl (C=O) groups is 2. The van der Waals surface area contributed by atoms with Gasteiger partial charge in [-0.2, -0.15) is 0 Å². The minimum Gasteiger partial charge on any atom is -0.481 e. The van der Waals surface area contributed by atoms with Gasteiger partial charge < -0.3 is 19.9 Å². The van der Waals surface area contributed by atoms with Gasteiger partial charge in [0.2, 0.25) is 0 Å². The van der Waals surface area contributed by atoms with Crippen molar-refractivity contribution in [1.82, 2.24) is 14.5 Å². The number of aromatic nitrogens is 2. The predicted molar refractivity (Wildman–Crippen MR) is 94.5 cm³/mol. The Morgan fingerprint density at radius 3 is 3.00 bits per heavy atom. The number of nitrogens with one attached hydrogen (secondary N) is 1. The van der Waals surface area contributed by atoms with Crippen molar-refractivity contribution < 1.29 is 14.7 Å². The summed E-state index contributed by atoms with van der Waals surface area (Å²) in [5, 5.41) is 11.5. The van der Waals surface area contributed by atoms with E-state index in [1.54, 1.807) is 7.05 Å². The molecule has 0 atom stereocenters. The molecule has 0 unspecified atom stereocenters. The molecule has 1 aliphatic heterocycles. The van der Waals surface area contributed by atoms with Gasteiger partial charge in [0, 0.05) is 43.3 Å². The third-order valence-corrected chi connectivity index (χ3v) is 4.38. The number of carboxylic acids is 1. The van der Waals surface area contributed by atoms with Gasteiger partial charge in [-0.3, -0.25) is 4.79 Å². The summed E-state index contributed by atoms with van der Waals surface area (Å²) in [6.45, 7) is 1.13. The highest BCUT2D eigenvalue weighted by molar-refractivity contribution is 5.90. The molecule has 2 heterocycles. The number of carboxylic acid groups (broad SMARTS) is 1. The summed E-state index contributed by atoms with van der Waals surface area (Å²) in [5.74, 6) is -0.00393. The van der Waals surface area contributed by atoms with Gasteiger partial charge in [-0.15, -0.1) is 0 Å². The second kappa shape index (κ2) is 7.38. The van der Waals surface area contributed by atoms with E-state index in [1.807, 2.05) is 30.5 Å². The highest BCUT2D eigenvalue weighted by Gasteiger charge is 2.16. The number of hydrogen-bond acceptors (Lipinski definition) is 3. The van der Waals surface area contributed by atoms with Crippen LogP contribution in [0.2, 0.25) is 0 Å². The van der Waals surface area contributed by atoms with Crippen molar-refractivity contribution in [1.29, 1.82) is 0 Å². The van der Waals surface area contributed by atoms with Crippen LogP contribution in [0, 0.1) is 0 Å². The van der Waals surface area contributed by atoms with Gasteiger partial charge in [-0.05, 0) is 31.4 Å². The number of carbonyl (C=O) groups excluding carboxylic acids is 1. The maximum atomic E-state index is 12.2. The maximum Gasteiger partial charge on any atom is 0.321 e. The van der Waals surface area contributed by atoms with Crippen LogP contribution in [-0.4, -0.2) is 45.2 Å². The lowest BCUT2D eigenvalue weighted by molar-refractivity contribution is -0.137. The lowest BCUT2D eigenvalue weighted by Crippen LogP contribution is -2.33. The molecule has 1 aromatic heterocycles. The van der Waals surface area contributed by atoms with Crippen LogP contribution in [0.1, 0.15) is 25.0 Å². The van der Waals surface area contributed by atoms with E-state index in [2.05, 4.69) is 14.9 Å². The van der Waals surface area contributed by atoms with Gasteiger partial charge >= 0.3 is 12.0 Å². The molecule has 2 N–H and O–H groups in total. The zero-order valence-electron chi connectivity index (χ0n) is 14.2. The van der Waals surface area contributed by atoms with Gasteiger partial charge in [0.05, 0.1) is 6.42 Å². The maximum absolute atomic E-state index is 12.2. The average Bonchev–Trinajstić information content (AvgIpc) is 3.04. The quantitative estimate of drug-likeness (QED) is 0.874. The van der Waals surface area contributed by atoms with E-state index in [4.69, 9.17) is 5.11 Å². The Bertz CT molecular complexity index is 784. The van der Waals surface area contributed by atoms with Crippen LogP contribution in [0.25, 0.3) is 11.4 Å². The third kappa shape index (κ3) is 3.99. The fourth-order valence-corrected chi connectivity index (χ4v) is 2.99. The Morgan fingerprint density at radius 1 is 1.36 bits per heavy atom. The Labute approximate surface area is 146 Å². The molecule has 7 nitrogen and oxygen atoms in total. The fourth-order valence-electron chi connectivity index (χ4n) is 2.99. The van der Waals surface area contributed by atoms with E-state index in [1.165, 1.54) is 17.0 Å². The molecule has 25 heavy (non-hydrogen) atoms. The number of imidazole rings is 1. The molecular formula is C18H22N4O3. The number of hydrogen-bond donors (Lipinski definition) is 2. The summed E-state index contributed by atoms with van der Waals surface area (Å²) in [5.41, 5.74) is 2.88. The van der Waals surface area contributed by atoms with E-state index in [-0.39, 0.29) is 19.0 Å². The Hall–Kier alpha value is -2.83. The van der Waals surface area contributed by atoms with Crippen LogP contribution in [0.4, 0.5) is 10.5 Å². The van der Waals surface area contributed by atoms with Crippen LogP contribution >= 0.6 is 0 Å². The molecule has 1 aromatic carbocycles. The Kier molecular flexibility index (Phi) is 5.02. The minimum absolute atomic E-state index is 0.0792. The van der Waals surface area contributed by atoms with Crippen LogP contribution in [0.5, 0.6) is 0 Å². The minimum atomic E-state index is -0.925. The number of aryl methyl sites for hydroxylation is 1. The molecular weight excluding hydrogens is 320 g/mol. The predicted octanol–water partition coefficient (Wildman–Crippen LogP) is 2.82. The van der Waals surface area contributed by atoms with Gasteiger partial charge in [0.15, 0.2) is 0 Å². The summed E-state index contributed by atoms with van der Waals surface area (Å²) >= 11 is 0. The first-order valence-electron chi connectivity index (χ1n) is 8.43. The molecule has 0 aliphatic carbocycles. The molecule has 132 valence electrons. The van der Waals surface area contributed by atoms with Gasteiger partial charge in [0.1, 0.15) is 5.82 Å². The topological polar surface area (TPSA) is 87.5 Å². The molecule has 0 fully saturated rings. The first-order valence-corrected chi connectivity index (χ1v) is 8.43. The zero-order chi connectivity index (χ0) is 17.8. The highest BCUT2D eigenvalue weighted by Crippen LogP contribution is 2.26. The summed E-state index contributed by atoms with van der Waals surface area (Å²) in [6.07, 6.45) is 5.26. The SMILES string of the molecule is CN(CCC(=O)O)C(=O)Nc1cccc(-c2ncc3n2CCCC3)c1. The van der Waals surface area contributed by atoms with E-state index >= 15 is 0 Å². The number of benzene rings is 1. The molecule has 2 amide bonds. The molecule has 1 aliphatic rings. The summed E-state index contributed by atoms with van der Waals surface area (Å²) in [6, 6.07) is 7.24. The number of aliphatic carboxylic acids is 1. The first kappa shape index (κ1) is 17.0. The van der Waals surface area contributed by atoms with Crippen molar-refractivity contribution in [2.75, 3.05) is 18.9 Å². The number of fused-ring (bicyclic) bond motifs is 1. The Balaban J connectivity index is 1.73. The van der Waals surface area contributed by atoms with E-state index < -0.39 is 5.97 Å². The number of nitrogens with zero attached hydrogens (tertiary/aromatic N) is 3. The molecule has 0 radical (unpaired) electrons. The lowest BCUT2D eigenvalue weighted by atomic mass is 10.1. The van der Waals surface area contributed by atoms with Crippen molar-refractivity contribution in [2.24, 2.45) is 0 Å². The number of amides is 2. The molecule has 0 saturated heterocycles. The Morgan fingerprint density at radius 2 is 2.20 bits per heavy atom. The summed E-state index contributed by atoms with van der Waals surface area (Å²) in [7, 11) is 1.58. The van der Waals surface area contributed by atoms with Gasteiger partial charge in [-0.25, -0.2) is 9.78 Å². The molecule has 0 saturated carbocycles. The number of rotatable bonds is 5. The highest BCUT2D eigenvalue weighted by atomic mass is 16.4. The molecule has 7 heteroatoms. The first-order chi connectivity index (χ1) is 12.0. The van der Waals surface area contributed by atoms with Gasteiger partial charge in [0.25, 0.3) is 0 Å².